The highest BCUT2D eigenvalue weighted by Gasteiger charge is 2.17. The van der Waals surface area contributed by atoms with Crippen LogP contribution in [0.3, 0.4) is 0 Å². The number of rotatable bonds is 2. The number of piperidine rings is 1. The Morgan fingerprint density at radius 2 is 2.21 bits per heavy atom. The van der Waals surface area contributed by atoms with Gasteiger partial charge in [0.15, 0.2) is 0 Å². The standard InChI is InChI=1S/C10H14BrNOS/c11-9-3-6-14-10(9)7-12-4-1-8(13)2-5-12/h3,6,8,13H,1-2,4-5,7H2. The molecule has 0 amide bonds. The van der Waals surface area contributed by atoms with Gasteiger partial charge in [-0.15, -0.1) is 11.3 Å². The van der Waals surface area contributed by atoms with Crippen LogP contribution >= 0.6 is 27.3 Å². The van der Waals surface area contributed by atoms with E-state index in [1.165, 1.54) is 9.35 Å². The van der Waals surface area contributed by atoms with E-state index in [2.05, 4.69) is 32.3 Å². The SMILES string of the molecule is OC1CCN(Cc2sccc2Br)CC1. The Hall–Kier alpha value is 0.100. The van der Waals surface area contributed by atoms with Gasteiger partial charge < -0.3 is 5.11 Å². The third-order valence-electron chi connectivity index (χ3n) is 2.62. The molecule has 0 saturated carbocycles. The molecule has 1 saturated heterocycles. The minimum atomic E-state index is -0.0713. The minimum Gasteiger partial charge on any atom is -0.393 e. The van der Waals surface area contributed by atoms with Crippen LogP contribution in [0.15, 0.2) is 15.9 Å². The van der Waals surface area contributed by atoms with Crippen molar-refractivity contribution in [1.29, 1.82) is 0 Å². The normalized spacial score (nSPS) is 20.1. The van der Waals surface area contributed by atoms with Crippen molar-refractivity contribution in [1.82, 2.24) is 4.90 Å². The van der Waals surface area contributed by atoms with E-state index in [4.69, 9.17) is 0 Å². The Kier molecular flexibility index (Phi) is 3.60. The molecule has 0 radical (unpaired) electrons. The van der Waals surface area contributed by atoms with Gasteiger partial charge in [0.05, 0.1) is 6.10 Å². The van der Waals surface area contributed by atoms with Gasteiger partial charge in [0, 0.05) is 29.0 Å². The number of likely N-dealkylation sites (tertiary alicyclic amines) is 1. The molecule has 0 bridgehead atoms. The van der Waals surface area contributed by atoms with Crippen LogP contribution < -0.4 is 0 Å². The van der Waals surface area contributed by atoms with Gasteiger partial charge in [0.25, 0.3) is 0 Å². The fourth-order valence-corrected chi connectivity index (χ4v) is 3.24. The fourth-order valence-electron chi connectivity index (χ4n) is 1.72. The molecule has 1 aliphatic heterocycles. The van der Waals surface area contributed by atoms with E-state index in [1.807, 2.05) is 0 Å². The molecule has 0 atom stereocenters. The maximum atomic E-state index is 9.37. The van der Waals surface area contributed by atoms with Crippen molar-refractivity contribution in [3.63, 3.8) is 0 Å². The van der Waals surface area contributed by atoms with E-state index in [0.29, 0.717) is 0 Å². The molecule has 1 aromatic heterocycles. The van der Waals surface area contributed by atoms with E-state index in [9.17, 15) is 5.11 Å². The number of hydrogen-bond donors (Lipinski definition) is 1. The van der Waals surface area contributed by atoms with Crippen LogP contribution in [0.25, 0.3) is 0 Å². The first-order valence-corrected chi connectivity index (χ1v) is 6.55. The Balaban J connectivity index is 1.89. The Morgan fingerprint density at radius 3 is 2.79 bits per heavy atom. The monoisotopic (exact) mass is 275 g/mol. The summed E-state index contributed by atoms with van der Waals surface area (Å²) in [5, 5.41) is 11.5. The molecule has 14 heavy (non-hydrogen) atoms. The lowest BCUT2D eigenvalue weighted by molar-refractivity contribution is 0.0796. The van der Waals surface area contributed by atoms with E-state index >= 15 is 0 Å². The smallest absolute Gasteiger partial charge is 0.0564 e. The summed E-state index contributed by atoms with van der Waals surface area (Å²) in [6, 6.07) is 2.10. The highest BCUT2D eigenvalue weighted by molar-refractivity contribution is 9.10. The van der Waals surface area contributed by atoms with Crippen LogP contribution in [-0.2, 0) is 6.54 Å². The number of nitrogens with zero attached hydrogens (tertiary/aromatic N) is 1. The molecule has 78 valence electrons. The second kappa shape index (κ2) is 4.75. The van der Waals surface area contributed by atoms with Gasteiger partial charge in [-0.05, 0) is 40.2 Å². The van der Waals surface area contributed by atoms with Crippen LogP contribution in [-0.4, -0.2) is 29.2 Å². The molecule has 4 heteroatoms. The third-order valence-corrected chi connectivity index (χ3v) is 4.53. The molecular weight excluding hydrogens is 262 g/mol. The van der Waals surface area contributed by atoms with Gasteiger partial charge in [-0.25, -0.2) is 0 Å². The third kappa shape index (κ3) is 2.57. The van der Waals surface area contributed by atoms with Crippen LogP contribution in [0.2, 0.25) is 0 Å². The predicted molar refractivity (Wildman–Crippen MR) is 62.5 cm³/mol. The van der Waals surface area contributed by atoms with Crippen molar-refractivity contribution in [2.75, 3.05) is 13.1 Å². The van der Waals surface area contributed by atoms with Crippen molar-refractivity contribution in [2.24, 2.45) is 0 Å². The highest BCUT2D eigenvalue weighted by Crippen LogP contribution is 2.25. The molecule has 2 heterocycles. The van der Waals surface area contributed by atoms with Gasteiger partial charge >= 0.3 is 0 Å². The topological polar surface area (TPSA) is 23.5 Å². The molecule has 0 spiro atoms. The lowest BCUT2D eigenvalue weighted by Crippen LogP contribution is -2.35. The van der Waals surface area contributed by atoms with Crippen LogP contribution in [0.1, 0.15) is 17.7 Å². The quantitative estimate of drug-likeness (QED) is 0.897. The second-order valence-electron chi connectivity index (χ2n) is 3.70. The number of aliphatic hydroxyl groups is 1. The van der Waals surface area contributed by atoms with Gasteiger partial charge in [-0.3, -0.25) is 4.90 Å². The zero-order chi connectivity index (χ0) is 9.97. The highest BCUT2D eigenvalue weighted by atomic mass is 79.9. The Bertz CT molecular complexity index is 294. The maximum absolute atomic E-state index is 9.37. The Morgan fingerprint density at radius 1 is 1.50 bits per heavy atom. The van der Waals surface area contributed by atoms with E-state index in [1.54, 1.807) is 11.3 Å². The maximum Gasteiger partial charge on any atom is 0.0564 e. The Labute approximate surface area is 96.7 Å². The second-order valence-corrected chi connectivity index (χ2v) is 5.55. The molecule has 1 aliphatic rings. The summed E-state index contributed by atoms with van der Waals surface area (Å²) in [4.78, 5) is 3.80. The first-order valence-electron chi connectivity index (χ1n) is 4.88. The van der Waals surface area contributed by atoms with Gasteiger partial charge in [0.1, 0.15) is 0 Å². The number of aliphatic hydroxyl groups excluding tert-OH is 1. The molecule has 0 aliphatic carbocycles. The van der Waals surface area contributed by atoms with E-state index < -0.39 is 0 Å². The van der Waals surface area contributed by atoms with Crippen molar-refractivity contribution >= 4 is 27.3 Å². The predicted octanol–water partition coefficient (Wildman–Crippen LogP) is 2.47. The molecule has 0 aromatic carbocycles. The van der Waals surface area contributed by atoms with Crippen molar-refractivity contribution in [2.45, 2.75) is 25.5 Å². The molecule has 1 N–H and O–H groups in total. The first-order chi connectivity index (χ1) is 6.75. The van der Waals surface area contributed by atoms with Gasteiger partial charge in [-0.2, -0.15) is 0 Å². The zero-order valence-electron chi connectivity index (χ0n) is 7.95. The summed E-state index contributed by atoms with van der Waals surface area (Å²) in [6.45, 7) is 3.06. The minimum absolute atomic E-state index is 0.0713. The largest absolute Gasteiger partial charge is 0.393 e. The van der Waals surface area contributed by atoms with Crippen molar-refractivity contribution in [3.8, 4) is 0 Å². The van der Waals surface area contributed by atoms with Gasteiger partial charge in [-0.1, -0.05) is 0 Å². The van der Waals surface area contributed by atoms with Crippen LogP contribution in [0.4, 0.5) is 0 Å². The molecule has 1 fully saturated rings. The summed E-state index contributed by atoms with van der Waals surface area (Å²) in [6.07, 6.45) is 1.77. The van der Waals surface area contributed by atoms with Crippen LogP contribution in [0, 0.1) is 0 Å². The van der Waals surface area contributed by atoms with Crippen molar-refractivity contribution in [3.05, 3.63) is 20.8 Å². The molecule has 2 nitrogen and oxygen atoms in total. The van der Waals surface area contributed by atoms with E-state index in [0.717, 1.165) is 32.5 Å². The molecular formula is C10H14BrNOS. The first kappa shape index (κ1) is 10.6. The lowest BCUT2D eigenvalue weighted by atomic mass is 10.1. The summed E-state index contributed by atoms with van der Waals surface area (Å²) in [7, 11) is 0. The van der Waals surface area contributed by atoms with Gasteiger partial charge in [0.2, 0.25) is 0 Å². The zero-order valence-corrected chi connectivity index (χ0v) is 10.4. The van der Waals surface area contributed by atoms with E-state index in [-0.39, 0.29) is 6.10 Å². The average molecular weight is 276 g/mol. The summed E-state index contributed by atoms with van der Waals surface area (Å²) >= 11 is 5.33. The number of hydrogen-bond acceptors (Lipinski definition) is 3. The van der Waals surface area contributed by atoms with Crippen LogP contribution in [0.5, 0.6) is 0 Å². The fraction of sp³-hybridized carbons (Fsp3) is 0.600. The molecule has 1 aromatic rings. The number of halogens is 1. The lowest BCUT2D eigenvalue weighted by Gasteiger charge is -2.29. The summed E-state index contributed by atoms with van der Waals surface area (Å²) in [5.41, 5.74) is 0. The summed E-state index contributed by atoms with van der Waals surface area (Å²) < 4.78 is 1.22. The number of thiophene rings is 1. The average Bonchev–Trinajstić information content (AvgIpc) is 2.56. The van der Waals surface area contributed by atoms with Crippen molar-refractivity contribution < 1.29 is 5.11 Å². The molecule has 0 unspecified atom stereocenters. The summed E-state index contributed by atoms with van der Waals surface area (Å²) in [5.74, 6) is 0. The molecule has 2 rings (SSSR count).